The molecule has 1 aliphatic rings. The van der Waals surface area contributed by atoms with E-state index in [9.17, 15) is 4.79 Å². The van der Waals surface area contributed by atoms with Crippen molar-refractivity contribution >= 4 is 22.5 Å². The SMILES string of the molecule is Cc1ccccc1N(Cc1cnc2ccccc2c1)C(=O)C1CCOC1. The third-order valence-electron chi connectivity index (χ3n) is 4.94. The molecule has 2 heterocycles. The molecule has 0 aliphatic carbocycles. The third-order valence-corrected chi connectivity index (χ3v) is 4.94. The fourth-order valence-electron chi connectivity index (χ4n) is 3.48. The van der Waals surface area contributed by atoms with Crippen LogP contribution >= 0.6 is 0 Å². The van der Waals surface area contributed by atoms with Gasteiger partial charge >= 0.3 is 0 Å². The van der Waals surface area contributed by atoms with Crippen LogP contribution in [0.15, 0.2) is 60.8 Å². The fourth-order valence-corrected chi connectivity index (χ4v) is 3.48. The number of rotatable bonds is 4. The molecule has 26 heavy (non-hydrogen) atoms. The normalized spacial score (nSPS) is 16.7. The number of benzene rings is 2. The molecule has 0 radical (unpaired) electrons. The van der Waals surface area contributed by atoms with Crippen molar-refractivity contribution in [1.82, 2.24) is 4.98 Å². The van der Waals surface area contributed by atoms with Crippen molar-refractivity contribution in [3.63, 3.8) is 0 Å². The lowest BCUT2D eigenvalue weighted by Crippen LogP contribution is -2.36. The second-order valence-electron chi connectivity index (χ2n) is 6.81. The molecule has 2 aromatic carbocycles. The summed E-state index contributed by atoms with van der Waals surface area (Å²) in [6, 6.07) is 18.2. The number of amides is 1. The van der Waals surface area contributed by atoms with Gasteiger partial charge < -0.3 is 9.64 Å². The standard InChI is InChI=1S/C22H22N2O2/c1-16-6-2-5-9-21(16)24(22(25)19-10-11-26-15-19)14-17-12-18-7-3-4-8-20(18)23-13-17/h2-9,12-13,19H,10-11,14-15H2,1H3. The van der Waals surface area contributed by atoms with Crippen LogP contribution in [0.4, 0.5) is 5.69 Å². The van der Waals surface area contributed by atoms with Crippen LogP contribution < -0.4 is 4.90 Å². The molecule has 1 aliphatic heterocycles. The van der Waals surface area contributed by atoms with E-state index in [0.717, 1.165) is 34.1 Å². The first-order valence-corrected chi connectivity index (χ1v) is 9.01. The first kappa shape index (κ1) is 16.7. The highest BCUT2D eigenvalue weighted by atomic mass is 16.5. The quantitative estimate of drug-likeness (QED) is 0.714. The van der Waals surface area contributed by atoms with Crippen molar-refractivity contribution in [2.75, 3.05) is 18.1 Å². The zero-order chi connectivity index (χ0) is 17.9. The van der Waals surface area contributed by atoms with Gasteiger partial charge in [-0.25, -0.2) is 0 Å². The molecule has 0 saturated carbocycles. The molecule has 3 aromatic rings. The van der Waals surface area contributed by atoms with Gasteiger partial charge in [0.2, 0.25) is 5.91 Å². The van der Waals surface area contributed by atoms with Crippen LogP contribution in [-0.4, -0.2) is 24.1 Å². The fraction of sp³-hybridized carbons (Fsp3) is 0.273. The molecular weight excluding hydrogens is 324 g/mol. The summed E-state index contributed by atoms with van der Waals surface area (Å²) in [5.41, 5.74) is 4.04. The number of carbonyl (C=O) groups excluding carboxylic acids is 1. The molecular formula is C22H22N2O2. The summed E-state index contributed by atoms with van der Waals surface area (Å²) in [6.45, 7) is 3.73. The third kappa shape index (κ3) is 3.33. The number of nitrogens with zero attached hydrogens (tertiary/aromatic N) is 2. The van der Waals surface area contributed by atoms with Crippen molar-refractivity contribution in [3.05, 3.63) is 71.9 Å². The Hall–Kier alpha value is -2.72. The van der Waals surface area contributed by atoms with Gasteiger partial charge in [-0.15, -0.1) is 0 Å². The average molecular weight is 346 g/mol. The zero-order valence-electron chi connectivity index (χ0n) is 14.9. The summed E-state index contributed by atoms with van der Waals surface area (Å²) in [5.74, 6) is 0.0629. The Morgan fingerprint density at radius 2 is 2.00 bits per heavy atom. The maximum atomic E-state index is 13.2. The van der Waals surface area contributed by atoms with E-state index >= 15 is 0 Å². The summed E-state index contributed by atoms with van der Waals surface area (Å²) < 4.78 is 5.44. The average Bonchev–Trinajstić information content (AvgIpc) is 3.21. The van der Waals surface area contributed by atoms with E-state index in [-0.39, 0.29) is 11.8 Å². The Morgan fingerprint density at radius 3 is 2.81 bits per heavy atom. The number of hydrogen-bond acceptors (Lipinski definition) is 3. The van der Waals surface area contributed by atoms with Gasteiger partial charge in [0.25, 0.3) is 0 Å². The molecule has 0 spiro atoms. The van der Waals surface area contributed by atoms with Crippen LogP contribution in [-0.2, 0) is 16.1 Å². The van der Waals surface area contributed by atoms with Crippen LogP contribution in [0.1, 0.15) is 17.5 Å². The molecule has 1 saturated heterocycles. The Bertz CT molecular complexity index is 932. The topological polar surface area (TPSA) is 42.4 Å². The Balaban J connectivity index is 1.69. The van der Waals surface area contributed by atoms with E-state index < -0.39 is 0 Å². The molecule has 4 heteroatoms. The Labute approximate surface area is 153 Å². The Kier molecular flexibility index (Phi) is 4.67. The van der Waals surface area contributed by atoms with Crippen LogP contribution in [0.3, 0.4) is 0 Å². The molecule has 0 N–H and O–H groups in total. The maximum absolute atomic E-state index is 13.2. The first-order chi connectivity index (χ1) is 12.7. The van der Waals surface area contributed by atoms with E-state index in [0.29, 0.717) is 19.8 Å². The highest BCUT2D eigenvalue weighted by molar-refractivity contribution is 5.96. The van der Waals surface area contributed by atoms with E-state index in [1.54, 1.807) is 0 Å². The molecule has 1 amide bonds. The lowest BCUT2D eigenvalue weighted by Gasteiger charge is -2.27. The van der Waals surface area contributed by atoms with E-state index in [1.165, 1.54) is 0 Å². The van der Waals surface area contributed by atoms with Crippen LogP contribution in [0.25, 0.3) is 10.9 Å². The monoisotopic (exact) mass is 346 g/mol. The van der Waals surface area contributed by atoms with Crippen molar-refractivity contribution in [2.24, 2.45) is 5.92 Å². The molecule has 4 rings (SSSR count). The van der Waals surface area contributed by atoms with Crippen molar-refractivity contribution in [1.29, 1.82) is 0 Å². The first-order valence-electron chi connectivity index (χ1n) is 9.01. The molecule has 0 bridgehead atoms. The number of anilines is 1. The number of carbonyl (C=O) groups is 1. The Morgan fingerprint density at radius 1 is 1.19 bits per heavy atom. The van der Waals surface area contributed by atoms with Crippen LogP contribution in [0.2, 0.25) is 0 Å². The molecule has 132 valence electrons. The van der Waals surface area contributed by atoms with Gasteiger partial charge in [0, 0.05) is 23.9 Å². The number of ether oxygens (including phenoxy) is 1. The number of hydrogen-bond donors (Lipinski definition) is 0. The zero-order valence-corrected chi connectivity index (χ0v) is 14.9. The van der Waals surface area contributed by atoms with Gasteiger partial charge in [0.15, 0.2) is 0 Å². The molecule has 1 aromatic heterocycles. The van der Waals surface area contributed by atoms with Gasteiger partial charge in [-0.3, -0.25) is 9.78 Å². The van der Waals surface area contributed by atoms with Crippen LogP contribution in [0.5, 0.6) is 0 Å². The number of aryl methyl sites for hydroxylation is 1. The summed E-state index contributed by atoms with van der Waals surface area (Å²) in [7, 11) is 0. The minimum Gasteiger partial charge on any atom is -0.381 e. The highest BCUT2D eigenvalue weighted by Gasteiger charge is 2.29. The lowest BCUT2D eigenvalue weighted by molar-refractivity contribution is -0.122. The van der Waals surface area contributed by atoms with Gasteiger partial charge in [-0.2, -0.15) is 0 Å². The molecule has 4 nitrogen and oxygen atoms in total. The number of pyridine rings is 1. The van der Waals surface area contributed by atoms with Crippen molar-refractivity contribution in [3.8, 4) is 0 Å². The summed E-state index contributed by atoms with van der Waals surface area (Å²) in [4.78, 5) is 19.6. The predicted molar refractivity (Wildman–Crippen MR) is 103 cm³/mol. The van der Waals surface area contributed by atoms with Crippen molar-refractivity contribution in [2.45, 2.75) is 19.9 Å². The minimum atomic E-state index is -0.0666. The second kappa shape index (κ2) is 7.26. The molecule has 1 atom stereocenters. The van der Waals surface area contributed by atoms with Gasteiger partial charge in [0.1, 0.15) is 0 Å². The van der Waals surface area contributed by atoms with E-state index in [1.807, 2.05) is 60.5 Å². The number of para-hydroxylation sites is 2. The van der Waals surface area contributed by atoms with Gasteiger partial charge in [-0.05, 0) is 42.7 Å². The van der Waals surface area contributed by atoms with Gasteiger partial charge in [0.05, 0.1) is 24.6 Å². The summed E-state index contributed by atoms with van der Waals surface area (Å²) in [5, 5.41) is 1.09. The summed E-state index contributed by atoms with van der Waals surface area (Å²) >= 11 is 0. The van der Waals surface area contributed by atoms with E-state index in [2.05, 4.69) is 17.1 Å². The predicted octanol–water partition coefficient (Wildman–Crippen LogP) is 4.11. The highest BCUT2D eigenvalue weighted by Crippen LogP contribution is 2.26. The number of aromatic nitrogens is 1. The lowest BCUT2D eigenvalue weighted by atomic mass is 10.0. The van der Waals surface area contributed by atoms with Gasteiger partial charge in [-0.1, -0.05) is 36.4 Å². The smallest absolute Gasteiger partial charge is 0.232 e. The summed E-state index contributed by atoms with van der Waals surface area (Å²) in [6.07, 6.45) is 2.66. The maximum Gasteiger partial charge on any atom is 0.232 e. The molecule has 1 unspecified atom stereocenters. The number of fused-ring (bicyclic) bond motifs is 1. The minimum absolute atomic E-state index is 0.0666. The van der Waals surface area contributed by atoms with Crippen molar-refractivity contribution < 1.29 is 9.53 Å². The molecule has 1 fully saturated rings. The largest absolute Gasteiger partial charge is 0.381 e. The van der Waals surface area contributed by atoms with Crippen LogP contribution in [0, 0.1) is 12.8 Å². The van der Waals surface area contributed by atoms with E-state index in [4.69, 9.17) is 4.74 Å². The second-order valence-corrected chi connectivity index (χ2v) is 6.81.